The van der Waals surface area contributed by atoms with Gasteiger partial charge in [-0.2, -0.15) is 0 Å². The Hall–Kier alpha value is -1.96. The van der Waals surface area contributed by atoms with Crippen LogP contribution in [0.5, 0.6) is 11.5 Å². The van der Waals surface area contributed by atoms with Crippen molar-refractivity contribution in [3.63, 3.8) is 0 Å². The van der Waals surface area contributed by atoms with E-state index in [2.05, 4.69) is 26.0 Å². The Kier molecular flexibility index (Phi) is 3.56. The molecule has 1 N–H and O–H groups in total. The molecular formula is C16H18O2. The molecule has 0 radical (unpaired) electrons. The van der Waals surface area contributed by atoms with Gasteiger partial charge in [-0.15, -0.1) is 0 Å². The van der Waals surface area contributed by atoms with E-state index in [0.717, 1.165) is 16.9 Å². The van der Waals surface area contributed by atoms with Crippen molar-refractivity contribution >= 4 is 0 Å². The summed E-state index contributed by atoms with van der Waals surface area (Å²) in [5.74, 6) is 1.49. The van der Waals surface area contributed by atoms with Crippen molar-refractivity contribution in [2.24, 2.45) is 0 Å². The third-order valence-corrected chi connectivity index (χ3v) is 3.07. The molecule has 2 nitrogen and oxygen atoms in total. The number of phenols is 1. The predicted molar refractivity (Wildman–Crippen MR) is 74.2 cm³/mol. The zero-order chi connectivity index (χ0) is 13.1. The van der Waals surface area contributed by atoms with Gasteiger partial charge in [-0.1, -0.05) is 38.1 Å². The van der Waals surface area contributed by atoms with Crippen LogP contribution < -0.4 is 4.74 Å². The molecule has 0 heterocycles. The Morgan fingerprint density at radius 3 is 2.50 bits per heavy atom. The molecule has 0 unspecified atom stereocenters. The fraction of sp³-hybridized carbons (Fsp3) is 0.250. The van der Waals surface area contributed by atoms with E-state index >= 15 is 0 Å². The van der Waals surface area contributed by atoms with E-state index < -0.39 is 0 Å². The molecular weight excluding hydrogens is 224 g/mol. The first kappa shape index (κ1) is 12.5. The minimum Gasteiger partial charge on any atom is -0.507 e. The fourth-order valence-corrected chi connectivity index (χ4v) is 1.94. The fourth-order valence-electron chi connectivity index (χ4n) is 1.94. The lowest BCUT2D eigenvalue weighted by Gasteiger charge is -2.10. The van der Waals surface area contributed by atoms with Gasteiger partial charge in [0.1, 0.15) is 11.5 Å². The van der Waals surface area contributed by atoms with Crippen LogP contribution in [-0.4, -0.2) is 12.2 Å². The first-order valence-electron chi connectivity index (χ1n) is 6.09. The van der Waals surface area contributed by atoms with E-state index in [1.54, 1.807) is 19.2 Å². The standard InChI is InChI=1S/C16H18O2/c1-11(2)12-5-4-6-13(9-12)15-10-14(18-3)7-8-16(15)17/h4-11,17H,1-3H3. The van der Waals surface area contributed by atoms with Crippen LogP contribution in [0.25, 0.3) is 11.1 Å². The van der Waals surface area contributed by atoms with E-state index in [4.69, 9.17) is 4.74 Å². The smallest absolute Gasteiger partial charge is 0.123 e. The van der Waals surface area contributed by atoms with Gasteiger partial charge in [0.05, 0.1) is 7.11 Å². The summed E-state index contributed by atoms with van der Waals surface area (Å²) >= 11 is 0. The summed E-state index contributed by atoms with van der Waals surface area (Å²) in [7, 11) is 1.63. The maximum absolute atomic E-state index is 9.96. The molecule has 0 aliphatic carbocycles. The number of ether oxygens (including phenoxy) is 1. The van der Waals surface area contributed by atoms with Crippen molar-refractivity contribution in [1.82, 2.24) is 0 Å². The molecule has 0 saturated heterocycles. The average molecular weight is 242 g/mol. The van der Waals surface area contributed by atoms with Crippen LogP contribution >= 0.6 is 0 Å². The van der Waals surface area contributed by atoms with E-state index in [0.29, 0.717) is 5.92 Å². The van der Waals surface area contributed by atoms with Crippen molar-refractivity contribution in [2.75, 3.05) is 7.11 Å². The summed E-state index contributed by atoms with van der Waals surface area (Å²) in [6.45, 7) is 4.31. The van der Waals surface area contributed by atoms with Crippen molar-refractivity contribution in [3.8, 4) is 22.6 Å². The van der Waals surface area contributed by atoms with Crippen LogP contribution in [0, 0.1) is 0 Å². The molecule has 2 aromatic carbocycles. The topological polar surface area (TPSA) is 29.5 Å². The van der Waals surface area contributed by atoms with Crippen molar-refractivity contribution in [1.29, 1.82) is 0 Å². The quantitative estimate of drug-likeness (QED) is 0.874. The molecule has 0 atom stereocenters. The third-order valence-electron chi connectivity index (χ3n) is 3.07. The molecule has 2 rings (SSSR count). The highest BCUT2D eigenvalue weighted by Gasteiger charge is 2.07. The Morgan fingerprint density at radius 1 is 1.06 bits per heavy atom. The van der Waals surface area contributed by atoms with Crippen molar-refractivity contribution in [2.45, 2.75) is 19.8 Å². The molecule has 18 heavy (non-hydrogen) atoms. The molecule has 0 aromatic heterocycles. The number of benzene rings is 2. The second kappa shape index (κ2) is 5.13. The number of phenolic OH excluding ortho intramolecular Hbond substituents is 1. The number of rotatable bonds is 3. The largest absolute Gasteiger partial charge is 0.507 e. The van der Waals surface area contributed by atoms with Gasteiger partial charge in [0.2, 0.25) is 0 Å². The first-order chi connectivity index (χ1) is 8.61. The molecule has 0 amide bonds. The van der Waals surface area contributed by atoms with Crippen molar-refractivity contribution < 1.29 is 9.84 Å². The van der Waals surface area contributed by atoms with Crippen LogP contribution in [0.15, 0.2) is 42.5 Å². The van der Waals surface area contributed by atoms with Gasteiger partial charge < -0.3 is 9.84 Å². The highest BCUT2D eigenvalue weighted by molar-refractivity contribution is 5.72. The average Bonchev–Trinajstić information content (AvgIpc) is 2.39. The maximum Gasteiger partial charge on any atom is 0.123 e. The lowest BCUT2D eigenvalue weighted by atomic mass is 9.97. The monoisotopic (exact) mass is 242 g/mol. The summed E-state index contributed by atoms with van der Waals surface area (Å²) < 4.78 is 5.20. The molecule has 0 fully saturated rings. The van der Waals surface area contributed by atoms with Crippen LogP contribution in [0.3, 0.4) is 0 Å². The minimum absolute atomic E-state index is 0.275. The van der Waals surface area contributed by atoms with Gasteiger partial charge in [0, 0.05) is 5.56 Å². The summed E-state index contributed by atoms with van der Waals surface area (Å²) in [6.07, 6.45) is 0. The third kappa shape index (κ3) is 2.48. The van der Waals surface area contributed by atoms with Crippen LogP contribution in [0.1, 0.15) is 25.3 Å². The van der Waals surface area contributed by atoms with Crippen LogP contribution in [0.4, 0.5) is 0 Å². The number of hydrogen-bond acceptors (Lipinski definition) is 2. The number of aromatic hydroxyl groups is 1. The summed E-state index contributed by atoms with van der Waals surface area (Å²) in [6, 6.07) is 13.5. The highest BCUT2D eigenvalue weighted by Crippen LogP contribution is 2.33. The van der Waals surface area contributed by atoms with E-state index in [1.807, 2.05) is 18.2 Å². The Bertz CT molecular complexity index is 545. The zero-order valence-electron chi connectivity index (χ0n) is 11.0. The number of methoxy groups -OCH3 is 1. The lowest BCUT2D eigenvalue weighted by molar-refractivity contribution is 0.412. The zero-order valence-corrected chi connectivity index (χ0v) is 11.0. The molecule has 0 saturated carbocycles. The van der Waals surface area contributed by atoms with Gasteiger partial charge in [-0.05, 0) is 35.2 Å². The van der Waals surface area contributed by atoms with Crippen LogP contribution in [0.2, 0.25) is 0 Å². The molecule has 0 aliphatic heterocycles. The van der Waals surface area contributed by atoms with Gasteiger partial charge in [0.15, 0.2) is 0 Å². The lowest BCUT2D eigenvalue weighted by Crippen LogP contribution is -1.89. The molecule has 94 valence electrons. The molecule has 0 bridgehead atoms. The molecule has 0 spiro atoms. The Balaban J connectivity index is 2.50. The SMILES string of the molecule is COc1ccc(O)c(-c2cccc(C(C)C)c2)c1. The summed E-state index contributed by atoms with van der Waals surface area (Å²) in [5.41, 5.74) is 3.07. The van der Waals surface area contributed by atoms with E-state index in [1.165, 1.54) is 5.56 Å². The normalized spacial score (nSPS) is 10.7. The maximum atomic E-state index is 9.96. The number of hydrogen-bond donors (Lipinski definition) is 1. The molecule has 2 heteroatoms. The van der Waals surface area contributed by atoms with E-state index in [9.17, 15) is 5.11 Å². The van der Waals surface area contributed by atoms with E-state index in [-0.39, 0.29) is 5.75 Å². The van der Waals surface area contributed by atoms with Crippen LogP contribution in [-0.2, 0) is 0 Å². The van der Waals surface area contributed by atoms with Crippen molar-refractivity contribution in [3.05, 3.63) is 48.0 Å². The van der Waals surface area contributed by atoms with Gasteiger partial charge >= 0.3 is 0 Å². The minimum atomic E-state index is 0.275. The Morgan fingerprint density at radius 2 is 1.83 bits per heavy atom. The first-order valence-corrected chi connectivity index (χ1v) is 6.09. The summed E-state index contributed by atoms with van der Waals surface area (Å²) in [4.78, 5) is 0. The predicted octanol–water partition coefficient (Wildman–Crippen LogP) is 4.19. The highest BCUT2D eigenvalue weighted by atomic mass is 16.5. The Labute approximate surface area is 108 Å². The second-order valence-electron chi connectivity index (χ2n) is 4.66. The van der Waals surface area contributed by atoms with Gasteiger partial charge in [-0.25, -0.2) is 0 Å². The molecule has 2 aromatic rings. The molecule has 0 aliphatic rings. The van der Waals surface area contributed by atoms with Gasteiger partial charge in [0.25, 0.3) is 0 Å². The second-order valence-corrected chi connectivity index (χ2v) is 4.66. The summed E-state index contributed by atoms with van der Waals surface area (Å²) in [5, 5.41) is 9.96. The van der Waals surface area contributed by atoms with Gasteiger partial charge in [-0.3, -0.25) is 0 Å².